The van der Waals surface area contributed by atoms with Crippen LogP contribution in [0.25, 0.3) is 0 Å². The van der Waals surface area contributed by atoms with E-state index in [1.807, 2.05) is 0 Å². The molecular weight excluding hydrogens is 386 g/mol. The smallest absolute Gasteiger partial charge is 0.220 e. The lowest BCUT2D eigenvalue weighted by molar-refractivity contribution is -0.174. The van der Waals surface area contributed by atoms with Crippen molar-refractivity contribution in [3.05, 3.63) is 0 Å². The van der Waals surface area contributed by atoms with Crippen molar-refractivity contribution in [3.8, 4) is 12.3 Å². The Balaban J connectivity index is 1.47. The summed E-state index contributed by atoms with van der Waals surface area (Å²) in [5.41, 5.74) is 0.247. The molecule has 1 amide bonds. The van der Waals surface area contributed by atoms with Crippen molar-refractivity contribution < 1.29 is 15.0 Å². The van der Waals surface area contributed by atoms with Gasteiger partial charge in [0.2, 0.25) is 5.91 Å². The summed E-state index contributed by atoms with van der Waals surface area (Å²) in [6.45, 7) is 7.42. The second kappa shape index (κ2) is 8.71. The molecule has 0 heterocycles. The zero-order chi connectivity index (χ0) is 22.4. The molecule has 0 bridgehead atoms. The second-order valence-electron chi connectivity index (χ2n) is 11.9. The van der Waals surface area contributed by atoms with Gasteiger partial charge in [-0.15, -0.1) is 6.42 Å². The van der Waals surface area contributed by atoms with Gasteiger partial charge in [0.05, 0.1) is 18.8 Å². The Morgan fingerprint density at radius 3 is 2.65 bits per heavy atom. The van der Waals surface area contributed by atoms with Gasteiger partial charge in [0, 0.05) is 6.42 Å². The van der Waals surface area contributed by atoms with Gasteiger partial charge in [-0.05, 0) is 104 Å². The molecule has 0 spiro atoms. The van der Waals surface area contributed by atoms with Gasteiger partial charge in [0.1, 0.15) is 0 Å². The first-order valence-corrected chi connectivity index (χ1v) is 12.8. The fraction of sp³-hybridized carbons (Fsp3) is 0.889. The lowest BCUT2D eigenvalue weighted by Gasteiger charge is -2.62. The van der Waals surface area contributed by atoms with Gasteiger partial charge in [-0.1, -0.05) is 26.7 Å². The van der Waals surface area contributed by atoms with E-state index >= 15 is 0 Å². The highest BCUT2D eigenvalue weighted by Crippen LogP contribution is 2.68. The molecule has 10 atom stereocenters. The van der Waals surface area contributed by atoms with Crippen molar-refractivity contribution in [1.29, 1.82) is 0 Å². The molecule has 4 nitrogen and oxygen atoms in total. The summed E-state index contributed by atoms with van der Waals surface area (Å²) in [5.74, 6) is 5.92. The first-order valence-electron chi connectivity index (χ1n) is 12.8. The average Bonchev–Trinajstić information content (AvgIpc) is 3.10. The largest absolute Gasteiger partial charge is 0.393 e. The third kappa shape index (κ3) is 3.84. The van der Waals surface area contributed by atoms with Crippen LogP contribution in [0.1, 0.15) is 85.0 Å². The second-order valence-corrected chi connectivity index (χ2v) is 11.9. The van der Waals surface area contributed by atoms with Crippen molar-refractivity contribution in [2.24, 2.45) is 46.3 Å². The quantitative estimate of drug-likeness (QED) is 0.575. The highest BCUT2D eigenvalue weighted by atomic mass is 16.3. The molecule has 174 valence electrons. The van der Waals surface area contributed by atoms with Crippen LogP contribution in [0, 0.1) is 58.7 Å². The number of aliphatic hydroxyl groups excluding tert-OH is 2. The Morgan fingerprint density at radius 1 is 1.13 bits per heavy atom. The molecular formula is C27H43NO3. The molecule has 4 aliphatic rings. The van der Waals surface area contributed by atoms with Crippen LogP contribution in [0.15, 0.2) is 0 Å². The van der Waals surface area contributed by atoms with Gasteiger partial charge in [-0.3, -0.25) is 4.79 Å². The Labute approximate surface area is 189 Å². The van der Waals surface area contributed by atoms with Crippen molar-refractivity contribution in [2.45, 2.75) is 97.2 Å². The Kier molecular flexibility index (Phi) is 6.50. The van der Waals surface area contributed by atoms with Crippen LogP contribution < -0.4 is 5.32 Å². The monoisotopic (exact) mass is 429 g/mol. The van der Waals surface area contributed by atoms with Crippen molar-refractivity contribution in [3.63, 3.8) is 0 Å². The molecule has 4 fully saturated rings. The van der Waals surface area contributed by atoms with Gasteiger partial charge in [0.15, 0.2) is 0 Å². The summed E-state index contributed by atoms with van der Waals surface area (Å²) in [7, 11) is 0. The number of nitrogens with one attached hydrogen (secondary N) is 1. The number of hydrogen-bond acceptors (Lipinski definition) is 3. The summed E-state index contributed by atoms with van der Waals surface area (Å²) >= 11 is 0. The maximum absolute atomic E-state index is 12.1. The first-order chi connectivity index (χ1) is 14.7. The standard InChI is InChI=1S/C27H43NO3/c1-5-14-28-25(31)11-6-17(2)21-9-10-22-20-8-7-18-15-19(29)12-13-26(18,3)23(20)16-24(30)27(21,22)4/h1,17-24,29-30H,6-16H2,2-4H3,(H,28,31)/t17-,18-,19-,20+,21-,22+,23+,24+,26+,27-/m1/s1. The number of amides is 1. The summed E-state index contributed by atoms with van der Waals surface area (Å²) in [6, 6.07) is 0. The van der Waals surface area contributed by atoms with E-state index < -0.39 is 0 Å². The molecule has 0 radical (unpaired) electrons. The molecule has 31 heavy (non-hydrogen) atoms. The SMILES string of the molecule is C#CCNC(=O)CC[C@@H](C)[C@H]1CC[C@H]2[C@@H]3CC[C@@H]4C[C@H](O)CC[C@]4(C)[C@H]3C[C@H](O)[C@]12C. The molecule has 4 rings (SSSR count). The van der Waals surface area contributed by atoms with Crippen LogP contribution in [0.4, 0.5) is 0 Å². The van der Waals surface area contributed by atoms with Crippen LogP contribution >= 0.6 is 0 Å². The van der Waals surface area contributed by atoms with Crippen LogP contribution in [0.3, 0.4) is 0 Å². The van der Waals surface area contributed by atoms with Gasteiger partial charge < -0.3 is 15.5 Å². The minimum atomic E-state index is -0.258. The lowest BCUT2D eigenvalue weighted by Crippen LogP contribution is -2.58. The highest BCUT2D eigenvalue weighted by molar-refractivity contribution is 5.76. The van der Waals surface area contributed by atoms with Crippen LogP contribution in [-0.4, -0.2) is 34.9 Å². The molecule has 0 aromatic heterocycles. The van der Waals surface area contributed by atoms with E-state index in [2.05, 4.69) is 32.0 Å². The number of aliphatic hydroxyl groups is 2. The van der Waals surface area contributed by atoms with E-state index in [4.69, 9.17) is 6.42 Å². The number of rotatable bonds is 5. The van der Waals surface area contributed by atoms with E-state index in [0.717, 1.165) is 32.1 Å². The highest BCUT2D eigenvalue weighted by Gasteiger charge is 2.63. The molecule has 0 saturated heterocycles. The Bertz CT molecular complexity index is 716. The molecule has 0 unspecified atom stereocenters. The van der Waals surface area contributed by atoms with Crippen LogP contribution in [-0.2, 0) is 4.79 Å². The minimum Gasteiger partial charge on any atom is -0.393 e. The lowest BCUT2D eigenvalue weighted by atomic mass is 9.43. The van der Waals surface area contributed by atoms with Crippen LogP contribution in [0.5, 0.6) is 0 Å². The normalized spacial score (nSPS) is 47.4. The number of hydrogen-bond donors (Lipinski definition) is 3. The fourth-order valence-corrected chi connectivity index (χ4v) is 8.96. The number of carbonyl (C=O) groups is 1. The van der Waals surface area contributed by atoms with E-state index in [1.165, 1.54) is 25.7 Å². The third-order valence-corrected chi connectivity index (χ3v) is 10.7. The van der Waals surface area contributed by atoms with E-state index in [0.29, 0.717) is 48.5 Å². The fourth-order valence-electron chi connectivity index (χ4n) is 8.96. The van der Waals surface area contributed by atoms with E-state index in [-0.39, 0.29) is 28.9 Å². The summed E-state index contributed by atoms with van der Waals surface area (Å²) < 4.78 is 0. The molecule has 0 aromatic carbocycles. The van der Waals surface area contributed by atoms with Crippen LogP contribution in [0.2, 0.25) is 0 Å². The first kappa shape index (κ1) is 23.1. The zero-order valence-electron chi connectivity index (χ0n) is 19.8. The zero-order valence-corrected chi connectivity index (χ0v) is 19.8. The maximum atomic E-state index is 12.1. The van der Waals surface area contributed by atoms with Crippen molar-refractivity contribution in [1.82, 2.24) is 5.32 Å². The predicted molar refractivity (Wildman–Crippen MR) is 123 cm³/mol. The summed E-state index contributed by atoms with van der Waals surface area (Å²) in [6.07, 6.45) is 15.1. The number of terminal acetylenes is 1. The van der Waals surface area contributed by atoms with Crippen molar-refractivity contribution in [2.75, 3.05) is 6.54 Å². The number of fused-ring (bicyclic) bond motifs is 5. The molecule has 4 saturated carbocycles. The summed E-state index contributed by atoms with van der Waals surface area (Å²) in [5, 5.41) is 24.6. The molecule has 0 aromatic rings. The number of carbonyl (C=O) groups excluding carboxylic acids is 1. The van der Waals surface area contributed by atoms with Gasteiger partial charge in [0.25, 0.3) is 0 Å². The van der Waals surface area contributed by atoms with E-state index in [9.17, 15) is 15.0 Å². The molecule has 4 aliphatic carbocycles. The third-order valence-electron chi connectivity index (χ3n) is 10.7. The van der Waals surface area contributed by atoms with E-state index in [1.54, 1.807) is 0 Å². The minimum absolute atomic E-state index is 0.0345. The van der Waals surface area contributed by atoms with Gasteiger partial charge in [-0.2, -0.15) is 0 Å². The maximum Gasteiger partial charge on any atom is 0.220 e. The predicted octanol–water partition coefficient (Wildman–Crippen LogP) is 4.14. The van der Waals surface area contributed by atoms with Gasteiger partial charge in [-0.25, -0.2) is 0 Å². The summed E-state index contributed by atoms with van der Waals surface area (Å²) in [4.78, 5) is 12.1. The van der Waals surface area contributed by atoms with Gasteiger partial charge >= 0.3 is 0 Å². The molecule has 3 N–H and O–H groups in total. The topological polar surface area (TPSA) is 69.6 Å². The molecule has 4 heteroatoms. The van der Waals surface area contributed by atoms with Crippen molar-refractivity contribution >= 4 is 5.91 Å². The Morgan fingerprint density at radius 2 is 1.90 bits per heavy atom. The molecule has 0 aliphatic heterocycles. The Hall–Kier alpha value is -1.05. The average molecular weight is 430 g/mol.